The van der Waals surface area contributed by atoms with Crippen molar-refractivity contribution in [1.29, 1.82) is 0 Å². The zero-order chi connectivity index (χ0) is 10.1. The standard InChI is InChI=1S/C11H13NOS/c1-3-9-11(14)12-8-6-7(2)4-5-10(8)13-9/h4-6,9H,3H2,1-2H3,(H,12,14)/t9-/m1/s1. The Labute approximate surface area is 89.3 Å². The number of hydrogen-bond donors (Lipinski definition) is 1. The van der Waals surface area contributed by atoms with Crippen LogP contribution < -0.4 is 10.1 Å². The topological polar surface area (TPSA) is 21.3 Å². The van der Waals surface area contributed by atoms with Gasteiger partial charge in [0.2, 0.25) is 0 Å². The monoisotopic (exact) mass is 207 g/mol. The number of anilines is 1. The van der Waals surface area contributed by atoms with Crippen LogP contribution >= 0.6 is 12.2 Å². The molecule has 2 nitrogen and oxygen atoms in total. The maximum absolute atomic E-state index is 5.74. The molecule has 0 amide bonds. The molecule has 0 aliphatic carbocycles. The van der Waals surface area contributed by atoms with Crippen LogP contribution in [-0.2, 0) is 0 Å². The summed E-state index contributed by atoms with van der Waals surface area (Å²) in [6.07, 6.45) is 0.930. The van der Waals surface area contributed by atoms with E-state index >= 15 is 0 Å². The van der Waals surface area contributed by atoms with Crippen LogP contribution in [0.2, 0.25) is 0 Å². The molecule has 0 unspecified atom stereocenters. The zero-order valence-corrected chi connectivity index (χ0v) is 9.15. The SMILES string of the molecule is CC[C@H]1Oc2ccc(C)cc2NC1=S. The first-order valence-corrected chi connectivity index (χ1v) is 5.19. The van der Waals surface area contributed by atoms with Crippen molar-refractivity contribution in [2.45, 2.75) is 26.4 Å². The molecule has 0 radical (unpaired) electrons. The summed E-state index contributed by atoms with van der Waals surface area (Å²) in [4.78, 5) is 0.783. The van der Waals surface area contributed by atoms with Gasteiger partial charge in [0.25, 0.3) is 0 Å². The van der Waals surface area contributed by atoms with Crippen molar-refractivity contribution in [3.63, 3.8) is 0 Å². The van der Waals surface area contributed by atoms with Gasteiger partial charge in [-0.2, -0.15) is 0 Å². The molecule has 0 saturated carbocycles. The van der Waals surface area contributed by atoms with Gasteiger partial charge in [-0.3, -0.25) is 0 Å². The highest BCUT2D eigenvalue weighted by Crippen LogP contribution is 2.31. The predicted molar refractivity (Wildman–Crippen MR) is 62.1 cm³/mol. The lowest BCUT2D eigenvalue weighted by Gasteiger charge is -2.27. The fourth-order valence-electron chi connectivity index (χ4n) is 1.53. The van der Waals surface area contributed by atoms with Crippen LogP contribution in [0, 0.1) is 6.92 Å². The predicted octanol–water partition coefficient (Wildman–Crippen LogP) is 2.91. The van der Waals surface area contributed by atoms with E-state index in [-0.39, 0.29) is 6.10 Å². The molecule has 1 N–H and O–H groups in total. The molecule has 0 bridgehead atoms. The van der Waals surface area contributed by atoms with Gasteiger partial charge in [-0.1, -0.05) is 25.2 Å². The van der Waals surface area contributed by atoms with Gasteiger partial charge in [0, 0.05) is 0 Å². The van der Waals surface area contributed by atoms with Crippen molar-refractivity contribution in [3.05, 3.63) is 23.8 Å². The molecular weight excluding hydrogens is 194 g/mol. The second-order valence-electron chi connectivity index (χ2n) is 3.50. The number of nitrogens with one attached hydrogen (secondary N) is 1. The highest BCUT2D eigenvalue weighted by Gasteiger charge is 2.22. The van der Waals surface area contributed by atoms with Gasteiger partial charge in [0.05, 0.1) is 5.69 Å². The van der Waals surface area contributed by atoms with Gasteiger partial charge in [0.1, 0.15) is 16.8 Å². The molecular formula is C11H13NOS. The lowest BCUT2D eigenvalue weighted by molar-refractivity contribution is 0.261. The quantitative estimate of drug-likeness (QED) is 0.715. The van der Waals surface area contributed by atoms with Crippen molar-refractivity contribution in [2.75, 3.05) is 5.32 Å². The van der Waals surface area contributed by atoms with E-state index in [9.17, 15) is 0 Å². The Bertz CT molecular complexity index is 376. The summed E-state index contributed by atoms with van der Waals surface area (Å²) in [5.41, 5.74) is 2.19. The molecule has 1 aromatic rings. The average Bonchev–Trinajstić information content (AvgIpc) is 2.16. The Morgan fingerprint density at radius 3 is 3.00 bits per heavy atom. The highest BCUT2D eigenvalue weighted by molar-refractivity contribution is 7.80. The summed E-state index contributed by atoms with van der Waals surface area (Å²) in [6, 6.07) is 6.08. The van der Waals surface area contributed by atoms with E-state index in [1.165, 1.54) is 5.56 Å². The molecule has 14 heavy (non-hydrogen) atoms. The van der Waals surface area contributed by atoms with E-state index in [0.29, 0.717) is 0 Å². The molecule has 1 aromatic carbocycles. The van der Waals surface area contributed by atoms with Crippen LogP contribution in [0.1, 0.15) is 18.9 Å². The lowest BCUT2D eigenvalue weighted by Crippen LogP contribution is -2.34. The first-order chi connectivity index (χ1) is 6.70. The minimum absolute atomic E-state index is 0.0280. The first kappa shape index (κ1) is 9.46. The number of rotatable bonds is 1. The molecule has 0 aromatic heterocycles. The van der Waals surface area contributed by atoms with E-state index in [4.69, 9.17) is 17.0 Å². The Morgan fingerprint density at radius 1 is 1.50 bits per heavy atom. The summed E-state index contributed by atoms with van der Waals surface area (Å²) in [7, 11) is 0. The van der Waals surface area contributed by atoms with Crippen molar-refractivity contribution < 1.29 is 4.74 Å². The number of fused-ring (bicyclic) bond motifs is 1. The maximum atomic E-state index is 5.74. The Kier molecular flexibility index (Phi) is 2.42. The summed E-state index contributed by atoms with van der Waals surface area (Å²) in [5.74, 6) is 0.899. The highest BCUT2D eigenvalue weighted by atomic mass is 32.1. The molecule has 1 atom stereocenters. The van der Waals surface area contributed by atoms with Gasteiger partial charge >= 0.3 is 0 Å². The van der Waals surface area contributed by atoms with Gasteiger partial charge in [0.15, 0.2) is 0 Å². The Hall–Kier alpha value is -1.09. The van der Waals surface area contributed by atoms with E-state index in [2.05, 4.69) is 19.2 Å². The molecule has 2 rings (SSSR count). The second kappa shape index (κ2) is 3.58. The van der Waals surface area contributed by atoms with Crippen molar-refractivity contribution in [1.82, 2.24) is 0 Å². The number of thiocarbonyl (C=S) groups is 1. The first-order valence-electron chi connectivity index (χ1n) is 4.79. The summed E-state index contributed by atoms with van der Waals surface area (Å²) >= 11 is 5.21. The maximum Gasteiger partial charge on any atom is 0.149 e. The number of ether oxygens (including phenoxy) is 1. The molecule has 74 valence electrons. The normalized spacial score (nSPS) is 19.6. The fourth-order valence-corrected chi connectivity index (χ4v) is 1.86. The Morgan fingerprint density at radius 2 is 2.29 bits per heavy atom. The van der Waals surface area contributed by atoms with Gasteiger partial charge < -0.3 is 10.1 Å². The Balaban J connectivity index is 2.35. The summed E-state index contributed by atoms with van der Waals surface area (Å²) in [6.45, 7) is 4.12. The van der Waals surface area contributed by atoms with E-state index in [1.54, 1.807) is 0 Å². The van der Waals surface area contributed by atoms with Crippen LogP contribution in [0.4, 0.5) is 5.69 Å². The number of hydrogen-bond acceptors (Lipinski definition) is 2. The number of aryl methyl sites for hydroxylation is 1. The lowest BCUT2D eigenvalue weighted by atomic mass is 10.1. The zero-order valence-electron chi connectivity index (χ0n) is 8.33. The third kappa shape index (κ3) is 1.60. The molecule has 0 spiro atoms. The smallest absolute Gasteiger partial charge is 0.149 e. The van der Waals surface area contributed by atoms with Crippen LogP contribution in [0.3, 0.4) is 0 Å². The van der Waals surface area contributed by atoms with Crippen LogP contribution in [0.25, 0.3) is 0 Å². The summed E-state index contributed by atoms with van der Waals surface area (Å²) < 4.78 is 5.74. The minimum Gasteiger partial charge on any atom is -0.481 e. The van der Waals surface area contributed by atoms with Crippen molar-refractivity contribution in [2.24, 2.45) is 0 Å². The fraction of sp³-hybridized carbons (Fsp3) is 0.364. The second-order valence-corrected chi connectivity index (χ2v) is 3.94. The molecule has 0 saturated heterocycles. The van der Waals surface area contributed by atoms with Gasteiger partial charge in [-0.15, -0.1) is 0 Å². The van der Waals surface area contributed by atoms with Crippen LogP contribution in [0.15, 0.2) is 18.2 Å². The van der Waals surface area contributed by atoms with E-state index in [1.807, 2.05) is 18.2 Å². The molecule has 1 aliphatic rings. The van der Waals surface area contributed by atoms with Crippen molar-refractivity contribution in [3.8, 4) is 5.75 Å². The minimum atomic E-state index is 0.0280. The van der Waals surface area contributed by atoms with Gasteiger partial charge in [-0.05, 0) is 31.0 Å². The largest absolute Gasteiger partial charge is 0.481 e. The molecule has 0 fully saturated rings. The van der Waals surface area contributed by atoms with Crippen molar-refractivity contribution >= 4 is 22.9 Å². The molecule has 1 aliphatic heterocycles. The molecule has 1 heterocycles. The van der Waals surface area contributed by atoms with E-state index in [0.717, 1.165) is 22.8 Å². The van der Waals surface area contributed by atoms with Crippen LogP contribution in [0.5, 0.6) is 5.75 Å². The van der Waals surface area contributed by atoms with E-state index < -0.39 is 0 Å². The van der Waals surface area contributed by atoms with Crippen LogP contribution in [-0.4, -0.2) is 11.1 Å². The third-order valence-corrected chi connectivity index (χ3v) is 2.69. The number of benzene rings is 1. The summed E-state index contributed by atoms with van der Waals surface area (Å²) in [5, 5.41) is 3.21. The van der Waals surface area contributed by atoms with Gasteiger partial charge in [-0.25, -0.2) is 0 Å². The molecule has 3 heteroatoms. The third-order valence-electron chi connectivity index (χ3n) is 2.33. The average molecular weight is 207 g/mol.